The molecule has 1 atom stereocenters. The molecule has 2 nitrogen and oxygen atoms in total. The zero-order valence-corrected chi connectivity index (χ0v) is 12.9. The van der Waals surface area contributed by atoms with Gasteiger partial charge in [0, 0.05) is 29.4 Å². The number of hydrogen-bond acceptors (Lipinski definition) is 2. The molecule has 0 bridgehead atoms. The van der Waals surface area contributed by atoms with Crippen molar-refractivity contribution in [2.24, 2.45) is 0 Å². The number of benzene rings is 1. The van der Waals surface area contributed by atoms with Gasteiger partial charge in [0.05, 0.1) is 0 Å². The van der Waals surface area contributed by atoms with E-state index in [2.05, 4.69) is 17.2 Å². The van der Waals surface area contributed by atoms with Crippen LogP contribution in [-0.4, -0.2) is 17.6 Å². The number of halogens is 2. The molecule has 112 valence electrons. The Morgan fingerprint density at radius 2 is 2.10 bits per heavy atom. The summed E-state index contributed by atoms with van der Waals surface area (Å²) in [5.74, 6) is -0.205. The van der Waals surface area contributed by atoms with E-state index in [0.29, 0.717) is 17.0 Å². The average molecular weight is 307 g/mol. The van der Waals surface area contributed by atoms with E-state index < -0.39 is 0 Å². The lowest BCUT2D eigenvalue weighted by molar-refractivity contribution is 0.488. The van der Waals surface area contributed by atoms with Gasteiger partial charge >= 0.3 is 0 Å². The summed E-state index contributed by atoms with van der Waals surface area (Å²) in [6.07, 6.45) is 4.19. The molecule has 0 saturated heterocycles. The fraction of sp³-hybridized carbons (Fsp3) is 0.353. The molecule has 2 aromatic rings. The van der Waals surface area contributed by atoms with Crippen LogP contribution in [0.3, 0.4) is 0 Å². The van der Waals surface area contributed by atoms with Crippen molar-refractivity contribution >= 4 is 11.6 Å². The normalized spacial score (nSPS) is 12.3. The summed E-state index contributed by atoms with van der Waals surface area (Å²) in [6.45, 7) is 3.02. The van der Waals surface area contributed by atoms with Gasteiger partial charge in [0.2, 0.25) is 0 Å². The van der Waals surface area contributed by atoms with E-state index in [1.807, 2.05) is 18.2 Å². The maximum absolute atomic E-state index is 13.9. The first-order valence-corrected chi connectivity index (χ1v) is 7.64. The smallest absolute Gasteiger partial charge is 0.126 e. The SMILES string of the molecule is CCCNC(Cc1ccccn1)Cc1cc(Cl)ccc1F. The van der Waals surface area contributed by atoms with E-state index in [1.165, 1.54) is 6.07 Å². The van der Waals surface area contributed by atoms with Crippen molar-refractivity contribution in [2.45, 2.75) is 32.2 Å². The fourth-order valence-electron chi connectivity index (χ4n) is 2.30. The Labute approximate surface area is 130 Å². The molecule has 0 saturated carbocycles. The molecule has 2 rings (SSSR count). The second-order valence-electron chi connectivity index (χ2n) is 5.12. The number of hydrogen-bond donors (Lipinski definition) is 1. The summed E-state index contributed by atoms with van der Waals surface area (Å²) >= 11 is 5.97. The van der Waals surface area contributed by atoms with E-state index in [-0.39, 0.29) is 11.9 Å². The number of pyridine rings is 1. The highest BCUT2D eigenvalue weighted by atomic mass is 35.5. The third kappa shape index (κ3) is 5.10. The molecule has 0 radical (unpaired) electrons. The van der Waals surface area contributed by atoms with Crippen LogP contribution in [0, 0.1) is 5.82 Å². The predicted molar refractivity (Wildman–Crippen MR) is 85.1 cm³/mol. The lowest BCUT2D eigenvalue weighted by atomic mass is 10.0. The molecule has 0 fully saturated rings. The first kappa shape index (κ1) is 15.9. The van der Waals surface area contributed by atoms with Crippen molar-refractivity contribution in [3.8, 4) is 0 Å². The van der Waals surface area contributed by atoms with Crippen molar-refractivity contribution in [3.05, 3.63) is 64.7 Å². The molecule has 0 spiro atoms. The zero-order chi connectivity index (χ0) is 15.1. The Hall–Kier alpha value is -1.45. The Bertz CT molecular complexity index is 560. The van der Waals surface area contributed by atoms with Gasteiger partial charge in [0.15, 0.2) is 0 Å². The summed E-state index contributed by atoms with van der Waals surface area (Å²) in [7, 11) is 0. The van der Waals surface area contributed by atoms with E-state index in [0.717, 1.165) is 25.1 Å². The van der Waals surface area contributed by atoms with Crippen LogP contribution in [0.25, 0.3) is 0 Å². The molecule has 1 aromatic heterocycles. The summed E-state index contributed by atoms with van der Waals surface area (Å²) in [5, 5.41) is 4.03. The minimum Gasteiger partial charge on any atom is -0.313 e. The second kappa shape index (κ2) is 8.11. The topological polar surface area (TPSA) is 24.9 Å². The third-order valence-electron chi connectivity index (χ3n) is 3.34. The van der Waals surface area contributed by atoms with Gasteiger partial charge in [-0.05, 0) is 55.3 Å². The molecule has 0 aliphatic rings. The van der Waals surface area contributed by atoms with Crippen LogP contribution in [0.5, 0.6) is 0 Å². The average Bonchev–Trinajstić information content (AvgIpc) is 2.49. The molecule has 1 unspecified atom stereocenters. The van der Waals surface area contributed by atoms with Gasteiger partial charge in [0.1, 0.15) is 5.82 Å². The highest BCUT2D eigenvalue weighted by molar-refractivity contribution is 6.30. The summed E-state index contributed by atoms with van der Waals surface area (Å²) in [4.78, 5) is 4.35. The zero-order valence-electron chi connectivity index (χ0n) is 12.2. The van der Waals surface area contributed by atoms with Crippen LogP contribution in [0.1, 0.15) is 24.6 Å². The van der Waals surface area contributed by atoms with Gasteiger partial charge in [-0.2, -0.15) is 0 Å². The van der Waals surface area contributed by atoms with Gasteiger partial charge in [-0.1, -0.05) is 24.6 Å². The minimum atomic E-state index is -0.205. The fourth-order valence-corrected chi connectivity index (χ4v) is 2.50. The number of rotatable bonds is 7. The maximum Gasteiger partial charge on any atom is 0.126 e. The molecular weight excluding hydrogens is 287 g/mol. The molecule has 1 aromatic carbocycles. The molecule has 21 heavy (non-hydrogen) atoms. The van der Waals surface area contributed by atoms with Crippen LogP contribution in [0.2, 0.25) is 5.02 Å². The third-order valence-corrected chi connectivity index (χ3v) is 3.57. The van der Waals surface area contributed by atoms with Gasteiger partial charge in [-0.15, -0.1) is 0 Å². The number of nitrogens with zero attached hydrogens (tertiary/aromatic N) is 1. The highest BCUT2D eigenvalue weighted by Crippen LogP contribution is 2.17. The predicted octanol–water partition coefficient (Wildman–Crippen LogP) is 4.03. The Kier molecular flexibility index (Phi) is 6.15. The maximum atomic E-state index is 13.9. The lowest BCUT2D eigenvalue weighted by Gasteiger charge is -2.19. The molecule has 0 amide bonds. The van der Waals surface area contributed by atoms with Crippen LogP contribution in [0.4, 0.5) is 4.39 Å². The Balaban J connectivity index is 2.10. The van der Waals surface area contributed by atoms with Crippen LogP contribution < -0.4 is 5.32 Å². The van der Waals surface area contributed by atoms with Gasteiger partial charge in [0.25, 0.3) is 0 Å². The minimum absolute atomic E-state index is 0.146. The van der Waals surface area contributed by atoms with Crippen LogP contribution in [-0.2, 0) is 12.8 Å². The van der Waals surface area contributed by atoms with Crippen molar-refractivity contribution < 1.29 is 4.39 Å². The quantitative estimate of drug-likeness (QED) is 0.835. The largest absolute Gasteiger partial charge is 0.313 e. The van der Waals surface area contributed by atoms with Crippen molar-refractivity contribution in [1.82, 2.24) is 10.3 Å². The van der Waals surface area contributed by atoms with Crippen LogP contribution >= 0.6 is 11.6 Å². The summed E-state index contributed by atoms with van der Waals surface area (Å²) in [6, 6.07) is 10.7. The highest BCUT2D eigenvalue weighted by Gasteiger charge is 2.13. The van der Waals surface area contributed by atoms with Crippen molar-refractivity contribution in [2.75, 3.05) is 6.54 Å². The summed E-state index contributed by atoms with van der Waals surface area (Å²) < 4.78 is 13.9. The van der Waals surface area contributed by atoms with E-state index in [1.54, 1.807) is 18.3 Å². The van der Waals surface area contributed by atoms with Gasteiger partial charge in [-0.3, -0.25) is 4.98 Å². The van der Waals surface area contributed by atoms with Gasteiger partial charge < -0.3 is 5.32 Å². The standard InChI is InChI=1S/C17H20ClFN2/c1-2-8-20-16(12-15-5-3-4-9-21-15)11-13-10-14(18)6-7-17(13)19/h3-7,9-10,16,20H,2,8,11-12H2,1H3. The number of nitrogens with one attached hydrogen (secondary N) is 1. The Morgan fingerprint density at radius 1 is 1.24 bits per heavy atom. The Morgan fingerprint density at radius 3 is 2.81 bits per heavy atom. The lowest BCUT2D eigenvalue weighted by Crippen LogP contribution is -2.34. The van der Waals surface area contributed by atoms with Crippen molar-refractivity contribution in [1.29, 1.82) is 0 Å². The molecule has 1 N–H and O–H groups in total. The van der Waals surface area contributed by atoms with E-state index >= 15 is 0 Å². The first-order chi connectivity index (χ1) is 10.2. The number of aromatic nitrogens is 1. The molecular formula is C17H20ClFN2. The monoisotopic (exact) mass is 306 g/mol. The first-order valence-electron chi connectivity index (χ1n) is 7.26. The molecule has 0 aliphatic heterocycles. The van der Waals surface area contributed by atoms with Gasteiger partial charge in [-0.25, -0.2) is 4.39 Å². The molecule has 1 heterocycles. The van der Waals surface area contributed by atoms with Crippen LogP contribution in [0.15, 0.2) is 42.6 Å². The second-order valence-corrected chi connectivity index (χ2v) is 5.55. The summed E-state index contributed by atoms with van der Waals surface area (Å²) in [5.41, 5.74) is 1.65. The van der Waals surface area contributed by atoms with E-state index in [4.69, 9.17) is 11.6 Å². The molecule has 0 aliphatic carbocycles. The van der Waals surface area contributed by atoms with E-state index in [9.17, 15) is 4.39 Å². The molecule has 4 heteroatoms. The van der Waals surface area contributed by atoms with Crippen molar-refractivity contribution in [3.63, 3.8) is 0 Å².